The molecule has 1 aromatic heterocycles. The molecule has 100 valence electrons. The van der Waals surface area contributed by atoms with Crippen LogP contribution in [0.4, 0.5) is 13.2 Å². The Morgan fingerprint density at radius 1 is 1.26 bits per heavy atom. The summed E-state index contributed by atoms with van der Waals surface area (Å²) in [6, 6.07) is 8.22. The van der Waals surface area contributed by atoms with E-state index in [2.05, 4.69) is 9.97 Å². The first-order valence-electron chi connectivity index (χ1n) is 5.68. The van der Waals surface area contributed by atoms with E-state index >= 15 is 0 Å². The lowest BCUT2D eigenvalue weighted by Gasteiger charge is -2.09. The number of hydrogen-bond donors (Lipinski definition) is 1. The lowest BCUT2D eigenvalue weighted by Crippen LogP contribution is -2.09. The zero-order chi connectivity index (χ0) is 14.0. The van der Waals surface area contributed by atoms with Crippen molar-refractivity contribution in [3.63, 3.8) is 0 Å². The summed E-state index contributed by atoms with van der Waals surface area (Å²) in [6.07, 6.45) is -3.66. The van der Waals surface area contributed by atoms with E-state index in [1.54, 1.807) is 12.1 Å². The van der Waals surface area contributed by atoms with Crippen molar-refractivity contribution in [3.8, 4) is 11.3 Å². The van der Waals surface area contributed by atoms with E-state index in [9.17, 15) is 13.2 Å². The van der Waals surface area contributed by atoms with E-state index in [0.717, 1.165) is 18.1 Å². The number of nitrogens with one attached hydrogen (secondary N) is 1. The van der Waals surface area contributed by atoms with Gasteiger partial charge < -0.3 is 4.98 Å². The van der Waals surface area contributed by atoms with Crippen molar-refractivity contribution in [2.75, 3.05) is 0 Å². The number of nitrogens with zero attached hydrogens (tertiary/aromatic N) is 1. The number of alkyl halides is 3. The maximum Gasteiger partial charge on any atom is 0.431 e. The van der Waals surface area contributed by atoms with Crippen molar-refractivity contribution in [3.05, 3.63) is 46.4 Å². The highest BCUT2D eigenvalue weighted by Gasteiger charge is 2.32. The van der Waals surface area contributed by atoms with Gasteiger partial charge in [0.2, 0.25) is 0 Å². The average Bonchev–Trinajstić information content (AvgIpc) is 2.37. The molecule has 0 saturated heterocycles. The van der Waals surface area contributed by atoms with Gasteiger partial charge in [0, 0.05) is 5.56 Å². The van der Waals surface area contributed by atoms with Crippen molar-refractivity contribution in [2.24, 2.45) is 0 Å². The van der Waals surface area contributed by atoms with Gasteiger partial charge in [-0.05, 0) is 36.3 Å². The minimum absolute atomic E-state index is 0.174. The van der Waals surface area contributed by atoms with Crippen LogP contribution in [0, 0.1) is 4.77 Å². The second-order valence-corrected chi connectivity index (χ2v) is 4.42. The summed E-state index contributed by atoms with van der Waals surface area (Å²) in [5.41, 5.74) is 1.01. The second-order valence-electron chi connectivity index (χ2n) is 4.04. The van der Waals surface area contributed by atoms with Gasteiger partial charge in [-0.15, -0.1) is 0 Å². The molecule has 1 heterocycles. The summed E-state index contributed by atoms with van der Waals surface area (Å²) in [5.74, 6) is 0. The number of aryl methyl sites for hydroxylation is 1. The summed E-state index contributed by atoms with van der Waals surface area (Å²) in [4.78, 5) is 6.02. The first-order chi connectivity index (χ1) is 8.90. The Morgan fingerprint density at radius 2 is 2.00 bits per heavy atom. The molecular formula is C13H11F3N2S. The van der Waals surface area contributed by atoms with Gasteiger partial charge in [0.25, 0.3) is 0 Å². The lowest BCUT2D eigenvalue weighted by atomic mass is 10.1. The van der Waals surface area contributed by atoms with Crippen LogP contribution >= 0.6 is 12.2 Å². The molecule has 0 fully saturated rings. The van der Waals surface area contributed by atoms with Gasteiger partial charge in [-0.2, -0.15) is 13.2 Å². The summed E-state index contributed by atoms with van der Waals surface area (Å²) < 4.78 is 37.9. The van der Waals surface area contributed by atoms with Crippen molar-refractivity contribution >= 4 is 12.2 Å². The summed E-state index contributed by atoms with van der Waals surface area (Å²) >= 11 is 4.75. The molecule has 0 saturated carbocycles. The Kier molecular flexibility index (Phi) is 3.71. The van der Waals surface area contributed by atoms with Crippen molar-refractivity contribution in [1.29, 1.82) is 0 Å². The van der Waals surface area contributed by atoms with E-state index in [-0.39, 0.29) is 10.5 Å². The molecular weight excluding hydrogens is 273 g/mol. The van der Waals surface area contributed by atoms with E-state index < -0.39 is 11.9 Å². The van der Waals surface area contributed by atoms with Crippen LogP contribution in [-0.2, 0) is 12.6 Å². The van der Waals surface area contributed by atoms with Crippen LogP contribution in [0.15, 0.2) is 30.3 Å². The number of aromatic nitrogens is 2. The molecule has 0 unspecified atom stereocenters. The Bertz CT molecular complexity index is 647. The number of H-pyrrole nitrogens is 1. The topological polar surface area (TPSA) is 28.7 Å². The second kappa shape index (κ2) is 5.13. The van der Waals surface area contributed by atoms with Gasteiger partial charge >= 0.3 is 6.18 Å². The smallest absolute Gasteiger partial charge is 0.327 e. The minimum atomic E-state index is -4.46. The predicted octanol–water partition coefficient (Wildman–Crippen LogP) is 4.39. The first kappa shape index (κ1) is 13.7. The van der Waals surface area contributed by atoms with Crippen LogP contribution in [0.2, 0.25) is 0 Å². The Hall–Kier alpha value is -1.69. The van der Waals surface area contributed by atoms with Crippen LogP contribution in [0.3, 0.4) is 0 Å². The Morgan fingerprint density at radius 3 is 2.63 bits per heavy atom. The highest BCUT2D eigenvalue weighted by atomic mass is 32.1. The highest BCUT2D eigenvalue weighted by Crippen LogP contribution is 2.30. The fourth-order valence-corrected chi connectivity index (χ4v) is 1.92. The number of rotatable bonds is 2. The number of benzene rings is 1. The molecule has 6 heteroatoms. The fourth-order valence-electron chi connectivity index (χ4n) is 1.71. The van der Waals surface area contributed by atoms with Crippen LogP contribution in [0.1, 0.15) is 18.2 Å². The molecule has 2 aromatic rings. The van der Waals surface area contributed by atoms with Gasteiger partial charge in [0.15, 0.2) is 4.77 Å². The van der Waals surface area contributed by atoms with Gasteiger partial charge in [0.1, 0.15) is 5.69 Å². The Labute approximate surface area is 113 Å². The van der Waals surface area contributed by atoms with E-state index in [0.29, 0.717) is 5.56 Å². The van der Waals surface area contributed by atoms with Crippen LogP contribution in [0.5, 0.6) is 0 Å². The average molecular weight is 284 g/mol. The van der Waals surface area contributed by atoms with E-state index in [1.807, 2.05) is 19.1 Å². The van der Waals surface area contributed by atoms with Crippen molar-refractivity contribution in [1.82, 2.24) is 9.97 Å². The third-order valence-corrected chi connectivity index (χ3v) is 2.87. The van der Waals surface area contributed by atoms with Crippen LogP contribution in [-0.4, -0.2) is 9.97 Å². The van der Waals surface area contributed by atoms with E-state index in [4.69, 9.17) is 12.2 Å². The molecule has 0 aliphatic heterocycles. The number of hydrogen-bond acceptors (Lipinski definition) is 2. The van der Waals surface area contributed by atoms with Crippen LogP contribution in [0.25, 0.3) is 11.3 Å². The maximum absolute atomic E-state index is 12.7. The Balaban J connectivity index is 2.56. The largest absolute Gasteiger partial charge is 0.431 e. The molecule has 19 heavy (non-hydrogen) atoms. The quantitative estimate of drug-likeness (QED) is 0.829. The monoisotopic (exact) mass is 284 g/mol. The van der Waals surface area contributed by atoms with Crippen molar-refractivity contribution in [2.45, 2.75) is 19.5 Å². The molecule has 0 bridgehead atoms. The maximum atomic E-state index is 12.7. The SMILES string of the molecule is CCc1cccc(-c2cc(C(F)(F)F)[nH]c(=S)n2)c1. The van der Waals surface area contributed by atoms with Gasteiger partial charge in [-0.25, -0.2) is 4.98 Å². The first-order valence-corrected chi connectivity index (χ1v) is 6.09. The number of halogens is 3. The van der Waals surface area contributed by atoms with E-state index in [1.165, 1.54) is 0 Å². The molecule has 0 atom stereocenters. The fraction of sp³-hybridized carbons (Fsp3) is 0.231. The molecule has 0 aliphatic carbocycles. The molecule has 0 radical (unpaired) electrons. The van der Waals surface area contributed by atoms with Gasteiger partial charge in [-0.3, -0.25) is 0 Å². The van der Waals surface area contributed by atoms with Crippen molar-refractivity contribution < 1.29 is 13.2 Å². The minimum Gasteiger partial charge on any atom is -0.327 e. The highest BCUT2D eigenvalue weighted by molar-refractivity contribution is 7.71. The summed E-state index contributed by atoms with van der Waals surface area (Å²) in [6.45, 7) is 1.98. The normalized spacial score (nSPS) is 11.6. The molecule has 1 aromatic carbocycles. The zero-order valence-corrected chi connectivity index (χ0v) is 10.9. The molecule has 0 amide bonds. The standard InChI is InChI=1S/C13H11F3N2S/c1-2-8-4-3-5-9(6-8)10-7-11(13(14,15)16)18-12(19)17-10/h3-7H,2H2,1H3,(H,17,18,19). The molecule has 0 spiro atoms. The van der Waals surface area contributed by atoms with Gasteiger partial charge in [-0.1, -0.05) is 25.1 Å². The molecule has 0 aliphatic rings. The predicted molar refractivity (Wildman–Crippen MR) is 69.2 cm³/mol. The summed E-state index contributed by atoms with van der Waals surface area (Å²) in [7, 11) is 0. The zero-order valence-electron chi connectivity index (χ0n) is 10.1. The summed E-state index contributed by atoms with van der Waals surface area (Å²) in [5, 5.41) is 0. The third kappa shape index (κ3) is 3.20. The molecule has 2 rings (SSSR count). The lowest BCUT2D eigenvalue weighted by molar-refractivity contribution is -0.141. The third-order valence-electron chi connectivity index (χ3n) is 2.68. The molecule has 1 N–H and O–H groups in total. The number of aromatic amines is 1. The van der Waals surface area contributed by atoms with Crippen LogP contribution < -0.4 is 0 Å². The van der Waals surface area contributed by atoms with Gasteiger partial charge in [0.05, 0.1) is 5.69 Å². The molecule has 2 nitrogen and oxygen atoms in total.